The van der Waals surface area contributed by atoms with Crippen LogP contribution in [0.5, 0.6) is 0 Å². The highest BCUT2D eigenvalue weighted by atomic mass is 32.1. The summed E-state index contributed by atoms with van der Waals surface area (Å²) in [6.45, 7) is 0.353. The average molecular weight is 301 g/mol. The number of carbonyl (C=O) groups is 1. The van der Waals surface area contributed by atoms with E-state index in [1.54, 1.807) is 6.07 Å². The summed E-state index contributed by atoms with van der Waals surface area (Å²) in [6, 6.07) is 9.14. The molecule has 2 heterocycles. The van der Waals surface area contributed by atoms with Crippen molar-refractivity contribution in [2.24, 2.45) is 0 Å². The second-order valence-electron chi connectivity index (χ2n) is 4.38. The Morgan fingerprint density at radius 1 is 1.38 bits per heavy atom. The number of aromatic amines is 1. The lowest BCUT2D eigenvalue weighted by Crippen LogP contribution is -2.10. The number of nitrogens with one attached hydrogen (secondary N) is 2. The van der Waals surface area contributed by atoms with Crippen LogP contribution in [0.1, 0.15) is 15.5 Å². The number of thiazole rings is 1. The molecule has 0 aliphatic heterocycles. The van der Waals surface area contributed by atoms with Gasteiger partial charge in [-0.3, -0.25) is 4.79 Å². The molecule has 7 heteroatoms. The van der Waals surface area contributed by atoms with Crippen molar-refractivity contribution >= 4 is 33.9 Å². The fourth-order valence-corrected chi connectivity index (χ4v) is 2.68. The van der Waals surface area contributed by atoms with Gasteiger partial charge >= 0.3 is 5.97 Å². The summed E-state index contributed by atoms with van der Waals surface area (Å²) < 4.78 is 0. The largest absolute Gasteiger partial charge is 0.476 e. The fraction of sp³-hybridized carbons (Fsp3) is 0.0714. The minimum atomic E-state index is -1.04. The molecule has 0 fully saturated rings. The smallest absolute Gasteiger partial charge is 0.355 e. The van der Waals surface area contributed by atoms with Crippen LogP contribution in [0.3, 0.4) is 0 Å². The highest BCUT2D eigenvalue weighted by molar-refractivity contribution is 7.09. The number of pyridine rings is 1. The van der Waals surface area contributed by atoms with Crippen LogP contribution >= 0.6 is 11.3 Å². The Morgan fingerprint density at radius 3 is 2.95 bits per heavy atom. The lowest BCUT2D eigenvalue weighted by molar-refractivity contribution is 0.0691. The third-order valence-electron chi connectivity index (χ3n) is 2.95. The summed E-state index contributed by atoms with van der Waals surface area (Å²) in [5.74, 6) is -0.470. The van der Waals surface area contributed by atoms with Crippen molar-refractivity contribution in [1.29, 1.82) is 0 Å². The molecule has 0 bridgehead atoms. The van der Waals surface area contributed by atoms with Crippen molar-refractivity contribution in [2.45, 2.75) is 6.54 Å². The Kier molecular flexibility index (Phi) is 3.41. The second kappa shape index (κ2) is 5.37. The molecule has 0 unspecified atom stereocenters. The van der Waals surface area contributed by atoms with Crippen LogP contribution in [0.4, 0.5) is 5.82 Å². The van der Waals surface area contributed by atoms with Crippen LogP contribution < -0.4 is 10.9 Å². The molecule has 0 spiro atoms. The quantitative estimate of drug-likeness (QED) is 0.687. The molecule has 3 rings (SSSR count). The van der Waals surface area contributed by atoms with Gasteiger partial charge in [-0.2, -0.15) is 0 Å². The lowest BCUT2D eigenvalue weighted by atomic mass is 10.2. The normalized spacial score (nSPS) is 10.7. The van der Waals surface area contributed by atoms with E-state index in [-0.39, 0.29) is 11.3 Å². The molecule has 3 aromatic rings. The van der Waals surface area contributed by atoms with Crippen LogP contribution in [0.15, 0.2) is 40.5 Å². The molecule has 3 N–H and O–H groups in total. The van der Waals surface area contributed by atoms with Gasteiger partial charge in [-0.25, -0.2) is 9.78 Å². The van der Waals surface area contributed by atoms with Crippen LogP contribution in [0.2, 0.25) is 0 Å². The Bertz CT molecular complexity index is 869. The summed E-state index contributed by atoms with van der Waals surface area (Å²) in [5, 5.41) is 15.5. The van der Waals surface area contributed by atoms with Crippen LogP contribution in [0.25, 0.3) is 10.8 Å². The van der Waals surface area contributed by atoms with Gasteiger partial charge in [0.25, 0.3) is 5.56 Å². The van der Waals surface area contributed by atoms with Crippen molar-refractivity contribution in [3.63, 3.8) is 0 Å². The molecule has 0 saturated carbocycles. The van der Waals surface area contributed by atoms with Crippen LogP contribution in [-0.4, -0.2) is 21.0 Å². The van der Waals surface area contributed by atoms with Crippen LogP contribution in [0, 0.1) is 0 Å². The third-order valence-corrected chi connectivity index (χ3v) is 3.80. The first kappa shape index (κ1) is 13.3. The summed E-state index contributed by atoms with van der Waals surface area (Å²) in [4.78, 5) is 29.4. The van der Waals surface area contributed by atoms with Gasteiger partial charge in [-0.15, -0.1) is 11.3 Å². The predicted molar refractivity (Wildman–Crippen MR) is 81.0 cm³/mol. The summed E-state index contributed by atoms with van der Waals surface area (Å²) >= 11 is 1.26. The Hall–Kier alpha value is -2.67. The van der Waals surface area contributed by atoms with E-state index in [0.29, 0.717) is 22.8 Å². The minimum Gasteiger partial charge on any atom is -0.476 e. The number of aromatic carboxylic acids is 1. The number of hydrogen-bond acceptors (Lipinski definition) is 5. The van der Waals surface area contributed by atoms with Gasteiger partial charge in [0, 0.05) is 10.8 Å². The lowest BCUT2D eigenvalue weighted by Gasteiger charge is -2.05. The molecular formula is C14H11N3O3S. The van der Waals surface area contributed by atoms with Crippen molar-refractivity contribution < 1.29 is 9.90 Å². The molecule has 0 radical (unpaired) electrons. The fourth-order valence-electron chi connectivity index (χ4n) is 1.97. The number of nitrogens with zero attached hydrogens (tertiary/aromatic N) is 1. The molecule has 0 aliphatic rings. The molecule has 106 valence electrons. The monoisotopic (exact) mass is 301 g/mol. The van der Waals surface area contributed by atoms with E-state index < -0.39 is 5.97 Å². The first-order valence-electron chi connectivity index (χ1n) is 6.17. The third kappa shape index (κ3) is 2.77. The highest BCUT2D eigenvalue weighted by Gasteiger charge is 2.08. The van der Waals surface area contributed by atoms with Gasteiger partial charge in [-0.05, 0) is 17.5 Å². The number of hydrogen-bond donors (Lipinski definition) is 3. The summed E-state index contributed by atoms with van der Waals surface area (Å²) in [6.07, 6.45) is 0. The van der Waals surface area contributed by atoms with Gasteiger partial charge in [0.2, 0.25) is 0 Å². The molecule has 21 heavy (non-hydrogen) atoms. The number of rotatable bonds is 4. The molecule has 0 atom stereocenters. The Balaban J connectivity index is 1.81. The average Bonchev–Trinajstić information content (AvgIpc) is 2.94. The maximum Gasteiger partial charge on any atom is 0.355 e. The maximum absolute atomic E-state index is 11.9. The molecule has 0 amide bonds. The molecule has 6 nitrogen and oxygen atoms in total. The first-order valence-corrected chi connectivity index (χ1v) is 7.05. The molecule has 0 saturated heterocycles. The van der Waals surface area contributed by atoms with Gasteiger partial charge in [0.15, 0.2) is 5.69 Å². The van der Waals surface area contributed by atoms with E-state index in [2.05, 4.69) is 15.3 Å². The van der Waals surface area contributed by atoms with Gasteiger partial charge < -0.3 is 15.4 Å². The standard InChI is InChI=1S/C14H11N3O3S/c18-13-9-4-2-1-3-8(9)5-11(17-13)15-6-12-16-10(7-21-12)14(19)20/h1-5,7H,6H2,(H,19,20)(H2,15,17,18). The number of fused-ring (bicyclic) bond motifs is 1. The van der Waals surface area contributed by atoms with Crippen LogP contribution in [-0.2, 0) is 6.54 Å². The Morgan fingerprint density at radius 2 is 2.19 bits per heavy atom. The predicted octanol–water partition coefficient (Wildman–Crippen LogP) is 2.29. The molecule has 1 aromatic carbocycles. The number of anilines is 1. The van der Waals surface area contributed by atoms with E-state index in [1.165, 1.54) is 16.7 Å². The molecule has 2 aromatic heterocycles. The van der Waals surface area contributed by atoms with E-state index in [9.17, 15) is 9.59 Å². The topological polar surface area (TPSA) is 95.1 Å². The molecular weight excluding hydrogens is 290 g/mol. The van der Waals surface area contributed by atoms with Gasteiger partial charge in [0.1, 0.15) is 10.8 Å². The van der Waals surface area contributed by atoms with Crippen molar-refractivity contribution in [1.82, 2.24) is 9.97 Å². The second-order valence-corrected chi connectivity index (χ2v) is 5.33. The first-order chi connectivity index (χ1) is 10.1. The number of carboxylic acids is 1. The maximum atomic E-state index is 11.9. The zero-order valence-electron chi connectivity index (χ0n) is 10.8. The number of benzene rings is 1. The number of carboxylic acid groups (broad SMARTS) is 1. The highest BCUT2D eigenvalue weighted by Crippen LogP contribution is 2.15. The van der Waals surface area contributed by atoms with Crippen molar-refractivity contribution in [3.8, 4) is 0 Å². The summed E-state index contributed by atoms with van der Waals surface area (Å²) in [7, 11) is 0. The Labute approximate surface area is 123 Å². The van der Waals surface area contributed by atoms with Crippen molar-refractivity contribution in [3.05, 3.63) is 56.8 Å². The van der Waals surface area contributed by atoms with Crippen molar-refractivity contribution in [2.75, 3.05) is 5.32 Å². The molecule has 0 aliphatic carbocycles. The van der Waals surface area contributed by atoms with E-state index in [4.69, 9.17) is 5.11 Å². The number of aromatic nitrogens is 2. The zero-order chi connectivity index (χ0) is 14.8. The number of H-pyrrole nitrogens is 1. The van der Waals surface area contributed by atoms with Gasteiger partial charge in [0.05, 0.1) is 6.54 Å². The SMILES string of the molecule is O=C(O)c1csc(CNc2cc3ccccc3c(=O)[nH]2)n1. The zero-order valence-corrected chi connectivity index (χ0v) is 11.6. The summed E-state index contributed by atoms with van der Waals surface area (Å²) in [5.41, 5.74) is -0.134. The van der Waals surface area contributed by atoms with E-state index in [0.717, 1.165) is 5.39 Å². The van der Waals surface area contributed by atoms with E-state index in [1.807, 2.05) is 24.3 Å². The minimum absolute atomic E-state index is 0.0313. The van der Waals surface area contributed by atoms with Gasteiger partial charge in [-0.1, -0.05) is 18.2 Å². The van der Waals surface area contributed by atoms with E-state index >= 15 is 0 Å².